The SMILES string of the molecule is NS(=O)(=O)c1sccc1CNCC1Cc2ccccc2O1. The molecule has 1 aliphatic rings. The van der Waals surface area contributed by atoms with Crippen LogP contribution in [-0.2, 0) is 23.0 Å². The van der Waals surface area contributed by atoms with E-state index in [0.717, 1.165) is 23.5 Å². The van der Waals surface area contributed by atoms with Crippen molar-refractivity contribution in [1.82, 2.24) is 5.32 Å². The molecule has 5 nitrogen and oxygen atoms in total. The third-order valence-corrected chi connectivity index (χ3v) is 5.88. The standard InChI is InChI=1S/C14H16N2O3S2/c15-21(17,18)14-11(5-6-20-14)8-16-9-12-7-10-3-1-2-4-13(10)19-12/h1-6,12,16H,7-9H2,(H2,15,17,18). The first-order valence-corrected chi connectivity index (χ1v) is 9.01. The van der Waals surface area contributed by atoms with E-state index < -0.39 is 10.0 Å². The quantitative estimate of drug-likeness (QED) is 0.873. The molecule has 7 heteroatoms. The molecular weight excluding hydrogens is 308 g/mol. The predicted octanol–water partition coefficient (Wildman–Crippen LogP) is 1.49. The first-order chi connectivity index (χ1) is 10.0. The van der Waals surface area contributed by atoms with Crippen molar-refractivity contribution in [3.05, 3.63) is 46.8 Å². The normalized spacial score (nSPS) is 17.5. The lowest BCUT2D eigenvalue weighted by Crippen LogP contribution is -2.30. The Balaban J connectivity index is 1.56. The predicted molar refractivity (Wildman–Crippen MR) is 82.0 cm³/mol. The molecule has 1 atom stereocenters. The van der Waals surface area contributed by atoms with Gasteiger partial charge < -0.3 is 10.1 Å². The van der Waals surface area contributed by atoms with Crippen LogP contribution in [0, 0.1) is 0 Å². The van der Waals surface area contributed by atoms with Crippen LogP contribution in [0.5, 0.6) is 5.75 Å². The molecule has 0 saturated carbocycles. The molecule has 0 saturated heterocycles. The molecular formula is C14H16N2O3S2. The van der Waals surface area contributed by atoms with Crippen molar-refractivity contribution in [3.8, 4) is 5.75 Å². The lowest BCUT2D eigenvalue weighted by Gasteiger charge is -2.12. The van der Waals surface area contributed by atoms with Gasteiger partial charge in [-0.05, 0) is 28.6 Å². The van der Waals surface area contributed by atoms with Crippen molar-refractivity contribution in [1.29, 1.82) is 0 Å². The number of para-hydroxylation sites is 1. The molecule has 2 aromatic rings. The Morgan fingerprint density at radius 1 is 1.33 bits per heavy atom. The number of fused-ring (bicyclic) bond motifs is 1. The van der Waals surface area contributed by atoms with E-state index in [-0.39, 0.29) is 10.3 Å². The van der Waals surface area contributed by atoms with Gasteiger partial charge in [-0.25, -0.2) is 13.6 Å². The zero-order valence-electron chi connectivity index (χ0n) is 11.3. The van der Waals surface area contributed by atoms with E-state index >= 15 is 0 Å². The number of benzene rings is 1. The van der Waals surface area contributed by atoms with Crippen LogP contribution in [-0.4, -0.2) is 21.1 Å². The Bertz CT molecular complexity index is 715. The largest absolute Gasteiger partial charge is 0.488 e. The minimum absolute atomic E-state index is 0.0824. The number of ether oxygens (including phenoxy) is 1. The molecule has 0 amide bonds. The third kappa shape index (κ3) is 3.26. The summed E-state index contributed by atoms with van der Waals surface area (Å²) in [6, 6.07) is 9.77. The highest BCUT2D eigenvalue weighted by atomic mass is 32.2. The fourth-order valence-electron chi connectivity index (χ4n) is 2.44. The Labute approximate surface area is 127 Å². The zero-order chi connectivity index (χ0) is 14.9. The fourth-order valence-corrected chi connectivity index (χ4v) is 4.29. The number of nitrogens with one attached hydrogen (secondary N) is 1. The Morgan fingerprint density at radius 2 is 2.14 bits per heavy atom. The molecule has 3 N–H and O–H groups in total. The van der Waals surface area contributed by atoms with Crippen molar-refractivity contribution in [2.45, 2.75) is 23.3 Å². The van der Waals surface area contributed by atoms with Gasteiger partial charge in [0, 0.05) is 19.5 Å². The molecule has 0 bridgehead atoms. The number of sulfonamides is 1. The zero-order valence-corrected chi connectivity index (χ0v) is 12.9. The summed E-state index contributed by atoms with van der Waals surface area (Å²) in [5.74, 6) is 0.935. The Hall–Kier alpha value is -1.41. The number of rotatable bonds is 5. The smallest absolute Gasteiger partial charge is 0.247 e. The maximum Gasteiger partial charge on any atom is 0.247 e. The van der Waals surface area contributed by atoms with Crippen molar-refractivity contribution >= 4 is 21.4 Å². The third-order valence-electron chi connectivity index (χ3n) is 3.37. The summed E-state index contributed by atoms with van der Waals surface area (Å²) >= 11 is 1.14. The highest BCUT2D eigenvalue weighted by molar-refractivity contribution is 7.91. The van der Waals surface area contributed by atoms with Gasteiger partial charge in [-0.1, -0.05) is 18.2 Å². The maximum atomic E-state index is 11.4. The molecule has 1 unspecified atom stereocenters. The summed E-state index contributed by atoms with van der Waals surface area (Å²) in [5.41, 5.74) is 1.92. The average molecular weight is 324 g/mol. The van der Waals surface area contributed by atoms with Gasteiger partial charge in [-0.2, -0.15) is 0 Å². The summed E-state index contributed by atoms with van der Waals surface area (Å²) in [6.45, 7) is 1.13. The highest BCUT2D eigenvalue weighted by Gasteiger charge is 2.22. The summed E-state index contributed by atoms with van der Waals surface area (Å²) in [7, 11) is -3.64. The number of nitrogens with two attached hydrogens (primary N) is 1. The first-order valence-electron chi connectivity index (χ1n) is 6.58. The van der Waals surface area contributed by atoms with Crippen LogP contribution in [0.15, 0.2) is 39.9 Å². The van der Waals surface area contributed by atoms with Crippen molar-refractivity contribution in [2.24, 2.45) is 5.14 Å². The van der Waals surface area contributed by atoms with Gasteiger partial charge in [-0.3, -0.25) is 0 Å². The minimum Gasteiger partial charge on any atom is -0.488 e. The molecule has 2 heterocycles. The second kappa shape index (κ2) is 5.76. The van der Waals surface area contributed by atoms with Crippen LogP contribution in [0.2, 0.25) is 0 Å². The molecule has 1 aliphatic heterocycles. The van der Waals surface area contributed by atoms with Crippen LogP contribution in [0.3, 0.4) is 0 Å². The van der Waals surface area contributed by atoms with E-state index in [0.29, 0.717) is 18.7 Å². The van der Waals surface area contributed by atoms with E-state index in [1.807, 2.05) is 18.2 Å². The summed E-state index contributed by atoms with van der Waals surface area (Å²) in [4.78, 5) is 0. The summed E-state index contributed by atoms with van der Waals surface area (Å²) < 4.78 is 28.9. The topological polar surface area (TPSA) is 81.4 Å². The molecule has 1 aromatic heterocycles. The fraction of sp³-hybridized carbons (Fsp3) is 0.286. The van der Waals surface area contributed by atoms with Gasteiger partial charge in [0.1, 0.15) is 16.1 Å². The number of primary sulfonamides is 1. The van der Waals surface area contributed by atoms with Gasteiger partial charge >= 0.3 is 0 Å². The summed E-state index contributed by atoms with van der Waals surface area (Å²) in [6.07, 6.45) is 0.952. The van der Waals surface area contributed by atoms with E-state index in [1.54, 1.807) is 11.4 Å². The van der Waals surface area contributed by atoms with Crippen molar-refractivity contribution in [2.75, 3.05) is 6.54 Å². The molecule has 112 valence electrons. The van der Waals surface area contributed by atoms with Crippen LogP contribution >= 0.6 is 11.3 Å². The van der Waals surface area contributed by atoms with Crippen LogP contribution in [0.1, 0.15) is 11.1 Å². The van der Waals surface area contributed by atoms with Gasteiger partial charge in [0.2, 0.25) is 10.0 Å². The first kappa shape index (κ1) is 14.5. The van der Waals surface area contributed by atoms with E-state index in [1.165, 1.54) is 5.56 Å². The number of hydrogen-bond donors (Lipinski definition) is 2. The molecule has 0 spiro atoms. The van der Waals surface area contributed by atoms with Gasteiger partial charge in [0.05, 0.1) is 0 Å². The molecule has 3 rings (SSSR count). The molecule has 1 aromatic carbocycles. The van der Waals surface area contributed by atoms with Crippen LogP contribution < -0.4 is 15.2 Å². The van der Waals surface area contributed by atoms with Crippen LogP contribution in [0.4, 0.5) is 0 Å². The second-order valence-electron chi connectivity index (χ2n) is 4.96. The maximum absolute atomic E-state index is 11.4. The van der Waals surface area contributed by atoms with Crippen molar-refractivity contribution < 1.29 is 13.2 Å². The monoisotopic (exact) mass is 324 g/mol. The Kier molecular flexibility index (Phi) is 3.99. The number of hydrogen-bond acceptors (Lipinski definition) is 5. The van der Waals surface area contributed by atoms with Gasteiger partial charge in [0.25, 0.3) is 0 Å². The van der Waals surface area contributed by atoms with Gasteiger partial charge in [-0.15, -0.1) is 11.3 Å². The van der Waals surface area contributed by atoms with Crippen molar-refractivity contribution in [3.63, 3.8) is 0 Å². The Morgan fingerprint density at radius 3 is 2.90 bits per heavy atom. The summed E-state index contributed by atoms with van der Waals surface area (Å²) in [5, 5.41) is 10.2. The molecule has 0 fully saturated rings. The lowest BCUT2D eigenvalue weighted by atomic mass is 10.1. The number of thiophene rings is 1. The van der Waals surface area contributed by atoms with E-state index in [9.17, 15) is 8.42 Å². The molecule has 0 aliphatic carbocycles. The van der Waals surface area contributed by atoms with Gasteiger partial charge in [0.15, 0.2) is 0 Å². The minimum atomic E-state index is -3.64. The van der Waals surface area contributed by atoms with Crippen LogP contribution in [0.25, 0.3) is 0 Å². The van der Waals surface area contributed by atoms with E-state index in [2.05, 4.69) is 11.4 Å². The van der Waals surface area contributed by atoms with E-state index in [4.69, 9.17) is 9.88 Å². The molecule has 0 radical (unpaired) electrons. The molecule has 21 heavy (non-hydrogen) atoms. The average Bonchev–Trinajstić information content (AvgIpc) is 3.03. The lowest BCUT2D eigenvalue weighted by molar-refractivity contribution is 0.227. The second-order valence-corrected chi connectivity index (χ2v) is 7.63. The highest BCUT2D eigenvalue weighted by Crippen LogP contribution is 2.28.